The average Bonchev–Trinajstić information content (AvgIpc) is 2.76. The maximum Gasteiger partial charge on any atom is -0.0235 e. The van der Waals surface area contributed by atoms with E-state index in [0.717, 1.165) is 29.6 Å². The molecule has 0 radical (unpaired) electrons. The third-order valence-electron chi connectivity index (χ3n) is 13.5. The summed E-state index contributed by atoms with van der Waals surface area (Å²) in [6.07, 6.45) is 16.2. The Kier molecular flexibility index (Phi) is 13.7. The normalized spacial score (nSPS) is 46.2. The summed E-state index contributed by atoms with van der Waals surface area (Å²) in [5.74, 6) is 4.69. The maximum absolute atomic E-state index is 2.80. The van der Waals surface area contributed by atoms with Crippen molar-refractivity contribution in [2.45, 2.75) is 176 Å². The van der Waals surface area contributed by atoms with Crippen molar-refractivity contribution in [3.63, 3.8) is 0 Å². The van der Waals surface area contributed by atoms with Crippen LogP contribution in [0.15, 0.2) is 0 Å². The van der Waals surface area contributed by atoms with Crippen LogP contribution in [-0.4, -0.2) is 0 Å². The standard InChI is InChI=1S/C30H54.C2H6.4CH4/c1-10-12-22-23-13-14-25-28(7)17-15-21(3)26(4,5)24(28)16-18-30(25,9)29(23,8)20-19-27(22,6)11-2;1-2;;;;/h21-25H,10-20H2,1-9H3;1-2H3;4*1H4. The number of fused-ring (bicyclic) bond motifs is 5. The summed E-state index contributed by atoms with van der Waals surface area (Å²) in [5, 5.41) is 0. The van der Waals surface area contributed by atoms with Gasteiger partial charge in [0.05, 0.1) is 0 Å². The molecule has 9 unspecified atom stereocenters. The molecule has 4 aliphatic carbocycles. The van der Waals surface area contributed by atoms with Gasteiger partial charge >= 0.3 is 0 Å². The van der Waals surface area contributed by atoms with E-state index >= 15 is 0 Å². The van der Waals surface area contributed by atoms with Crippen LogP contribution in [-0.2, 0) is 0 Å². The zero-order valence-corrected chi connectivity index (χ0v) is 24.2. The second-order valence-electron chi connectivity index (χ2n) is 14.3. The predicted octanol–water partition coefficient (Wildman–Crippen LogP) is 13.1. The van der Waals surface area contributed by atoms with Gasteiger partial charge in [0.25, 0.3) is 0 Å². The fraction of sp³-hybridized carbons (Fsp3) is 1.00. The first kappa shape index (κ1) is 38.1. The van der Waals surface area contributed by atoms with E-state index in [-0.39, 0.29) is 29.7 Å². The lowest BCUT2D eigenvalue weighted by Gasteiger charge is -2.73. The SMILES string of the molecule is C.C.C.C.CC.CCCC1C2CCC3C4(C)CCC(C)C(C)(C)C4CCC3(C)C2(C)CCC1(C)CC. The van der Waals surface area contributed by atoms with Gasteiger partial charge in [-0.3, -0.25) is 0 Å². The Morgan fingerprint density at radius 3 is 1.75 bits per heavy atom. The van der Waals surface area contributed by atoms with Crippen LogP contribution in [0.4, 0.5) is 0 Å². The summed E-state index contributed by atoms with van der Waals surface area (Å²) in [7, 11) is 0. The fourth-order valence-electron chi connectivity index (χ4n) is 10.8. The molecule has 36 heavy (non-hydrogen) atoms. The van der Waals surface area contributed by atoms with Crippen LogP contribution < -0.4 is 0 Å². The molecule has 4 fully saturated rings. The number of hydrogen-bond acceptors (Lipinski definition) is 0. The first-order valence-electron chi connectivity index (χ1n) is 14.9. The Bertz CT molecular complexity index is 646. The minimum absolute atomic E-state index is 0. The molecule has 0 nitrogen and oxygen atoms in total. The van der Waals surface area contributed by atoms with Gasteiger partial charge < -0.3 is 0 Å². The van der Waals surface area contributed by atoms with Gasteiger partial charge in [-0.25, -0.2) is 0 Å². The van der Waals surface area contributed by atoms with Gasteiger partial charge in [-0.1, -0.05) is 119 Å². The Balaban J connectivity index is 0. The Labute approximate surface area is 233 Å². The first-order valence-corrected chi connectivity index (χ1v) is 14.9. The average molecular weight is 509 g/mol. The van der Waals surface area contributed by atoms with Crippen LogP contribution >= 0.6 is 0 Å². The molecule has 0 N–H and O–H groups in total. The topological polar surface area (TPSA) is 0 Å². The molecule has 0 aromatic carbocycles. The molecule has 0 bridgehead atoms. The second kappa shape index (κ2) is 12.9. The summed E-state index contributed by atoms with van der Waals surface area (Å²) in [4.78, 5) is 0. The van der Waals surface area contributed by atoms with Gasteiger partial charge in [0, 0.05) is 0 Å². The molecule has 9 atom stereocenters. The van der Waals surface area contributed by atoms with Crippen molar-refractivity contribution in [1.29, 1.82) is 0 Å². The molecule has 0 amide bonds. The highest BCUT2D eigenvalue weighted by molar-refractivity contribution is 5.17. The molecule has 0 heteroatoms. The van der Waals surface area contributed by atoms with E-state index in [0.29, 0.717) is 27.1 Å². The van der Waals surface area contributed by atoms with Crippen molar-refractivity contribution in [1.82, 2.24) is 0 Å². The van der Waals surface area contributed by atoms with E-state index in [1.54, 1.807) is 0 Å². The minimum Gasteiger partial charge on any atom is -0.0776 e. The molecular weight excluding hydrogens is 432 g/mol. The van der Waals surface area contributed by atoms with Crippen molar-refractivity contribution in [3.05, 3.63) is 0 Å². The molecule has 4 aliphatic rings. The number of hydrogen-bond donors (Lipinski definition) is 0. The second-order valence-corrected chi connectivity index (χ2v) is 14.3. The van der Waals surface area contributed by atoms with E-state index in [2.05, 4.69) is 62.3 Å². The van der Waals surface area contributed by atoms with E-state index in [9.17, 15) is 0 Å². The van der Waals surface area contributed by atoms with E-state index in [1.165, 1.54) is 70.6 Å². The van der Waals surface area contributed by atoms with Crippen molar-refractivity contribution in [3.8, 4) is 0 Å². The minimum atomic E-state index is 0. The molecule has 4 rings (SSSR count). The maximum atomic E-state index is 2.80. The fourth-order valence-corrected chi connectivity index (χ4v) is 10.8. The molecule has 0 saturated heterocycles. The predicted molar refractivity (Wildman–Crippen MR) is 170 cm³/mol. The highest BCUT2D eigenvalue weighted by Gasteiger charge is 2.68. The molecule has 4 saturated carbocycles. The Hall–Kier alpha value is 0. The molecule has 220 valence electrons. The summed E-state index contributed by atoms with van der Waals surface area (Å²) >= 11 is 0. The van der Waals surface area contributed by atoms with Gasteiger partial charge in [0.15, 0.2) is 0 Å². The highest BCUT2D eigenvalue weighted by Crippen LogP contribution is 2.76. The summed E-state index contributed by atoms with van der Waals surface area (Å²) < 4.78 is 0. The quantitative estimate of drug-likeness (QED) is 0.355. The molecule has 0 heterocycles. The van der Waals surface area contributed by atoms with Crippen molar-refractivity contribution < 1.29 is 0 Å². The molecule has 0 aromatic rings. The van der Waals surface area contributed by atoms with Crippen LogP contribution in [0.2, 0.25) is 0 Å². The molecular formula is C36H76. The number of rotatable bonds is 3. The van der Waals surface area contributed by atoms with Crippen LogP contribution in [0.3, 0.4) is 0 Å². The van der Waals surface area contributed by atoms with Gasteiger partial charge in [0.1, 0.15) is 0 Å². The van der Waals surface area contributed by atoms with Gasteiger partial charge in [-0.05, 0) is 114 Å². The molecule has 0 spiro atoms. The largest absolute Gasteiger partial charge is 0.0776 e. The van der Waals surface area contributed by atoms with E-state index in [4.69, 9.17) is 0 Å². The molecule has 0 aliphatic heterocycles. The van der Waals surface area contributed by atoms with Gasteiger partial charge in [-0.15, -0.1) is 0 Å². The van der Waals surface area contributed by atoms with Crippen LogP contribution in [0, 0.1) is 56.7 Å². The van der Waals surface area contributed by atoms with E-state index < -0.39 is 0 Å². The van der Waals surface area contributed by atoms with Crippen LogP contribution in [0.25, 0.3) is 0 Å². The monoisotopic (exact) mass is 509 g/mol. The summed E-state index contributed by atoms with van der Waals surface area (Å²) in [6.45, 7) is 27.7. The summed E-state index contributed by atoms with van der Waals surface area (Å²) in [6, 6.07) is 0. The van der Waals surface area contributed by atoms with Crippen LogP contribution in [0.1, 0.15) is 176 Å². The lowest BCUT2D eigenvalue weighted by atomic mass is 9.32. The van der Waals surface area contributed by atoms with Gasteiger partial charge in [0.2, 0.25) is 0 Å². The highest BCUT2D eigenvalue weighted by atomic mass is 14.7. The zero-order valence-electron chi connectivity index (χ0n) is 24.2. The van der Waals surface area contributed by atoms with Crippen molar-refractivity contribution in [2.75, 3.05) is 0 Å². The lowest BCUT2D eigenvalue weighted by Crippen LogP contribution is -2.65. The molecule has 0 aromatic heterocycles. The third-order valence-corrected chi connectivity index (χ3v) is 13.5. The smallest absolute Gasteiger partial charge is 0.0235 e. The summed E-state index contributed by atoms with van der Waals surface area (Å²) in [5.41, 5.74) is 2.80. The van der Waals surface area contributed by atoms with Crippen molar-refractivity contribution >= 4 is 0 Å². The first-order chi connectivity index (χ1) is 14.9. The lowest BCUT2D eigenvalue weighted by molar-refractivity contribution is -0.242. The Morgan fingerprint density at radius 1 is 0.639 bits per heavy atom. The van der Waals surface area contributed by atoms with Crippen molar-refractivity contribution in [2.24, 2.45) is 56.7 Å². The van der Waals surface area contributed by atoms with E-state index in [1.807, 2.05) is 13.8 Å². The third kappa shape index (κ3) is 5.12. The zero-order chi connectivity index (χ0) is 24.2. The Morgan fingerprint density at radius 2 is 1.22 bits per heavy atom. The van der Waals surface area contributed by atoms with Gasteiger partial charge in [-0.2, -0.15) is 0 Å². The van der Waals surface area contributed by atoms with Crippen LogP contribution in [0.5, 0.6) is 0 Å².